The van der Waals surface area contributed by atoms with E-state index in [9.17, 15) is 4.79 Å². The predicted octanol–water partition coefficient (Wildman–Crippen LogP) is 5.97. The van der Waals surface area contributed by atoms with Crippen molar-refractivity contribution in [3.8, 4) is 5.75 Å². The number of hydrogen-bond acceptors (Lipinski definition) is 6. The van der Waals surface area contributed by atoms with E-state index in [1.54, 1.807) is 36.4 Å². The summed E-state index contributed by atoms with van der Waals surface area (Å²) in [7, 11) is 0. The van der Waals surface area contributed by atoms with Gasteiger partial charge in [0.25, 0.3) is 5.91 Å². The lowest BCUT2D eigenvalue weighted by molar-refractivity contribution is -0.128. The first-order chi connectivity index (χ1) is 19.6. The van der Waals surface area contributed by atoms with Gasteiger partial charge in [0.05, 0.1) is 6.61 Å². The summed E-state index contributed by atoms with van der Waals surface area (Å²) in [5.41, 5.74) is 10.6. The lowest BCUT2D eigenvalue weighted by atomic mass is 9.83. The molecule has 0 aliphatic carbocycles. The van der Waals surface area contributed by atoms with Gasteiger partial charge in [0.1, 0.15) is 5.75 Å². The predicted molar refractivity (Wildman–Crippen MR) is 155 cm³/mol. The molecule has 0 bridgehead atoms. The molecule has 3 aromatic rings. The Balaban J connectivity index is 1.63. The quantitative estimate of drug-likeness (QED) is 0.0859. The SMILES string of the molecule is C=CC[C@@]1(C(=O)NCCCc2ccccc2)N=C(c2ccc(OCCCO)cc2)O[C@@H]1c1ccccc1N=[N+]=[N-]. The first-order valence-corrected chi connectivity index (χ1v) is 13.3. The second-order valence-corrected chi connectivity index (χ2v) is 9.38. The normalized spacial score (nSPS) is 17.7. The Kier molecular flexibility index (Phi) is 9.93. The third-order valence-electron chi connectivity index (χ3n) is 6.63. The summed E-state index contributed by atoms with van der Waals surface area (Å²) in [6.45, 7) is 4.82. The van der Waals surface area contributed by atoms with Crippen LogP contribution in [0.4, 0.5) is 5.69 Å². The fourth-order valence-electron chi connectivity index (χ4n) is 4.65. The molecule has 0 saturated heterocycles. The zero-order valence-corrected chi connectivity index (χ0v) is 22.3. The molecule has 206 valence electrons. The van der Waals surface area contributed by atoms with Gasteiger partial charge in [-0.15, -0.1) is 6.58 Å². The molecule has 0 spiro atoms. The highest BCUT2D eigenvalue weighted by atomic mass is 16.5. The number of rotatable bonds is 14. The number of carbonyl (C=O) groups excluding carboxylic acids is 1. The molecule has 4 rings (SSSR count). The van der Waals surface area contributed by atoms with Crippen LogP contribution < -0.4 is 10.1 Å². The minimum Gasteiger partial charge on any atom is -0.494 e. The number of nitrogens with zero attached hydrogens (tertiary/aromatic N) is 4. The van der Waals surface area contributed by atoms with Gasteiger partial charge >= 0.3 is 0 Å². The van der Waals surface area contributed by atoms with Crippen molar-refractivity contribution >= 4 is 17.5 Å². The fraction of sp³-hybridized carbons (Fsp3) is 0.290. The molecule has 2 N–H and O–H groups in total. The smallest absolute Gasteiger partial charge is 0.252 e. The van der Waals surface area contributed by atoms with Gasteiger partial charge in [-0.2, -0.15) is 0 Å². The van der Waals surface area contributed by atoms with Crippen LogP contribution in [0.3, 0.4) is 0 Å². The van der Waals surface area contributed by atoms with Crippen molar-refractivity contribution < 1.29 is 19.4 Å². The lowest BCUT2D eigenvalue weighted by Gasteiger charge is -2.30. The molecule has 40 heavy (non-hydrogen) atoms. The Morgan fingerprint density at radius 3 is 2.60 bits per heavy atom. The second-order valence-electron chi connectivity index (χ2n) is 9.38. The first kappa shape index (κ1) is 28.4. The van der Waals surface area contributed by atoms with Gasteiger partial charge in [-0.25, -0.2) is 4.99 Å². The standard InChI is InChI=1S/C31H33N5O4/c1-2-19-31(30(38)33-20-8-12-23-10-4-3-5-11-23)28(26-13-6-7-14-27(26)35-36-32)40-29(34-31)24-15-17-25(18-16-24)39-22-9-21-37/h2-7,10-11,13-18,28,37H,1,8-9,12,19-22H2,(H,33,38)/t28-,31-/m1/s1. The summed E-state index contributed by atoms with van der Waals surface area (Å²) >= 11 is 0. The molecule has 3 aromatic carbocycles. The maximum absolute atomic E-state index is 13.9. The van der Waals surface area contributed by atoms with E-state index >= 15 is 0 Å². The molecule has 0 radical (unpaired) electrons. The highest BCUT2D eigenvalue weighted by Crippen LogP contribution is 2.45. The zero-order valence-electron chi connectivity index (χ0n) is 22.3. The summed E-state index contributed by atoms with van der Waals surface area (Å²) < 4.78 is 12.0. The zero-order chi connectivity index (χ0) is 28.2. The number of carbonyl (C=O) groups is 1. The summed E-state index contributed by atoms with van der Waals surface area (Å²) in [6, 6.07) is 24.3. The number of azide groups is 1. The van der Waals surface area contributed by atoms with Crippen LogP contribution >= 0.6 is 0 Å². The van der Waals surface area contributed by atoms with Crippen LogP contribution in [0.25, 0.3) is 10.4 Å². The summed E-state index contributed by atoms with van der Waals surface area (Å²) in [4.78, 5) is 21.8. The van der Waals surface area contributed by atoms with Crippen molar-refractivity contribution in [2.24, 2.45) is 10.1 Å². The van der Waals surface area contributed by atoms with E-state index < -0.39 is 11.6 Å². The maximum Gasteiger partial charge on any atom is 0.252 e. The Labute approximate surface area is 233 Å². The third-order valence-corrected chi connectivity index (χ3v) is 6.63. The number of aryl methyl sites for hydroxylation is 1. The number of aliphatic hydroxyl groups is 1. The van der Waals surface area contributed by atoms with Crippen LogP contribution in [0, 0.1) is 0 Å². The molecule has 0 unspecified atom stereocenters. The van der Waals surface area contributed by atoms with Crippen LogP contribution in [-0.4, -0.2) is 42.2 Å². The van der Waals surface area contributed by atoms with Crippen molar-refractivity contribution in [2.45, 2.75) is 37.3 Å². The molecule has 1 heterocycles. The van der Waals surface area contributed by atoms with Crippen LogP contribution in [0.2, 0.25) is 0 Å². The van der Waals surface area contributed by atoms with E-state index in [1.165, 1.54) is 5.56 Å². The Bertz CT molecular complexity index is 1370. The van der Waals surface area contributed by atoms with E-state index in [2.05, 4.69) is 34.1 Å². The van der Waals surface area contributed by atoms with Crippen molar-refractivity contribution in [3.05, 3.63) is 119 Å². The number of aliphatic imine (C=N–C) groups is 1. The number of benzene rings is 3. The van der Waals surface area contributed by atoms with Crippen LogP contribution in [0.5, 0.6) is 5.75 Å². The van der Waals surface area contributed by atoms with Crippen LogP contribution in [0.15, 0.2) is 102 Å². The van der Waals surface area contributed by atoms with E-state index in [0.29, 0.717) is 48.0 Å². The molecule has 0 fully saturated rings. The van der Waals surface area contributed by atoms with Crippen molar-refractivity contribution in [3.63, 3.8) is 0 Å². The minimum atomic E-state index is -1.36. The summed E-state index contributed by atoms with van der Waals surface area (Å²) in [5, 5.41) is 15.9. The summed E-state index contributed by atoms with van der Waals surface area (Å²) in [6.07, 6.45) is 3.14. The molecular weight excluding hydrogens is 506 g/mol. The van der Waals surface area contributed by atoms with Gasteiger partial charge in [-0.05, 0) is 48.2 Å². The van der Waals surface area contributed by atoms with Gasteiger partial charge in [-0.1, -0.05) is 65.8 Å². The van der Waals surface area contributed by atoms with Crippen molar-refractivity contribution in [1.82, 2.24) is 5.32 Å². The van der Waals surface area contributed by atoms with Gasteiger partial charge < -0.3 is 19.9 Å². The largest absolute Gasteiger partial charge is 0.494 e. The number of hydrogen-bond donors (Lipinski definition) is 2. The highest BCUT2D eigenvalue weighted by molar-refractivity contribution is 6.01. The fourth-order valence-corrected chi connectivity index (χ4v) is 4.65. The Hall–Kier alpha value is -4.59. The monoisotopic (exact) mass is 539 g/mol. The molecule has 9 heteroatoms. The molecule has 0 saturated carbocycles. The first-order valence-electron chi connectivity index (χ1n) is 13.3. The third kappa shape index (κ3) is 6.69. The topological polar surface area (TPSA) is 129 Å². The number of aliphatic hydroxyl groups excluding tert-OH is 1. The van der Waals surface area contributed by atoms with Gasteiger partial charge in [0, 0.05) is 47.7 Å². The van der Waals surface area contributed by atoms with Crippen molar-refractivity contribution in [1.29, 1.82) is 0 Å². The average molecular weight is 540 g/mol. The van der Waals surface area contributed by atoms with Crippen LogP contribution in [0.1, 0.15) is 42.1 Å². The maximum atomic E-state index is 13.9. The van der Waals surface area contributed by atoms with Gasteiger partial charge in [0.15, 0.2) is 11.6 Å². The molecule has 2 atom stereocenters. The highest BCUT2D eigenvalue weighted by Gasteiger charge is 2.52. The molecule has 9 nitrogen and oxygen atoms in total. The summed E-state index contributed by atoms with van der Waals surface area (Å²) in [5.74, 6) is 0.652. The van der Waals surface area contributed by atoms with E-state index in [0.717, 1.165) is 12.8 Å². The van der Waals surface area contributed by atoms with Gasteiger partial charge in [0.2, 0.25) is 5.90 Å². The van der Waals surface area contributed by atoms with Crippen LogP contribution in [-0.2, 0) is 16.0 Å². The molecular formula is C31H33N5O4. The molecule has 1 amide bonds. The van der Waals surface area contributed by atoms with Crippen molar-refractivity contribution in [2.75, 3.05) is 19.8 Å². The average Bonchev–Trinajstić information content (AvgIpc) is 3.37. The van der Waals surface area contributed by atoms with Gasteiger partial charge in [-0.3, -0.25) is 4.79 Å². The number of ether oxygens (including phenoxy) is 2. The second kappa shape index (κ2) is 14.0. The van der Waals surface area contributed by atoms with E-state index in [-0.39, 0.29) is 18.9 Å². The Morgan fingerprint density at radius 2 is 1.88 bits per heavy atom. The number of amides is 1. The lowest BCUT2D eigenvalue weighted by Crippen LogP contribution is -2.48. The minimum absolute atomic E-state index is 0.0567. The number of nitrogens with one attached hydrogen (secondary N) is 1. The molecule has 1 aliphatic rings. The van der Waals surface area contributed by atoms with E-state index in [4.69, 9.17) is 25.1 Å². The Morgan fingerprint density at radius 1 is 1.12 bits per heavy atom. The molecule has 1 aliphatic heterocycles. The molecule has 0 aromatic heterocycles. The van der Waals surface area contributed by atoms with E-state index in [1.807, 2.05) is 36.4 Å².